The fourth-order valence-electron chi connectivity index (χ4n) is 6.54. The molecule has 0 bridgehead atoms. The molecule has 0 unspecified atom stereocenters. The molecule has 7 rings (SSSR count). The van der Waals surface area contributed by atoms with Crippen molar-refractivity contribution in [1.29, 1.82) is 0 Å². The highest BCUT2D eigenvalue weighted by molar-refractivity contribution is 14.1. The highest BCUT2D eigenvalue weighted by atomic mass is 127. The van der Waals surface area contributed by atoms with Crippen molar-refractivity contribution in [2.24, 2.45) is 0 Å². The quantitative estimate of drug-likeness (QED) is 0.167. The van der Waals surface area contributed by atoms with Crippen molar-refractivity contribution in [2.75, 3.05) is 0 Å². The molecule has 0 atom stereocenters. The summed E-state index contributed by atoms with van der Waals surface area (Å²) < 4.78 is 1.35. The number of aryl methyl sites for hydroxylation is 1. The Hall–Kier alpha value is -3.17. The normalized spacial score (nSPS) is 14.0. The van der Waals surface area contributed by atoms with Gasteiger partial charge in [0.1, 0.15) is 0 Å². The minimum Gasteiger partial charge on any atom is -0.0619 e. The number of benzene rings is 5. The van der Waals surface area contributed by atoms with Gasteiger partial charge in [-0.3, -0.25) is 0 Å². The molecule has 0 fully saturated rings. The summed E-state index contributed by atoms with van der Waals surface area (Å²) in [6, 6.07) is 38.6. The van der Waals surface area contributed by atoms with Crippen LogP contribution in [0, 0.1) is 17.4 Å². The SMILES string of the molecule is Cc1cc2c(c(C)c1I)-c1ccccc1-c1ccccc1C21c2ccccc2-c2ccccc21. The number of fused-ring (bicyclic) bond motifs is 12. The van der Waals surface area contributed by atoms with Crippen molar-refractivity contribution >= 4 is 22.6 Å². The molecule has 0 aliphatic heterocycles. The molecular weight excluding hydrogens is 523 g/mol. The van der Waals surface area contributed by atoms with Crippen LogP contribution in [0.1, 0.15) is 33.4 Å². The summed E-state index contributed by atoms with van der Waals surface area (Å²) in [6.07, 6.45) is 0. The zero-order chi connectivity index (χ0) is 23.0. The van der Waals surface area contributed by atoms with Crippen LogP contribution in [0.5, 0.6) is 0 Å². The summed E-state index contributed by atoms with van der Waals surface area (Å²) >= 11 is 2.54. The zero-order valence-electron chi connectivity index (χ0n) is 19.2. The van der Waals surface area contributed by atoms with Gasteiger partial charge in [0.05, 0.1) is 5.41 Å². The lowest BCUT2D eigenvalue weighted by atomic mass is 9.65. The lowest BCUT2D eigenvalue weighted by molar-refractivity contribution is 0.772. The number of halogens is 1. The van der Waals surface area contributed by atoms with Crippen molar-refractivity contribution in [2.45, 2.75) is 19.3 Å². The molecule has 0 radical (unpaired) electrons. The van der Waals surface area contributed by atoms with Gasteiger partial charge in [0.2, 0.25) is 0 Å². The van der Waals surface area contributed by atoms with Crippen LogP contribution in [-0.4, -0.2) is 0 Å². The molecule has 0 heterocycles. The van der Waals surface area contributed by atoms with Crippen LogP contribution < -0.4 is 0 Å². The fourth-order valence-corrected chi connectivity index (χ4v) is 6.97. The van der Waals surface area contributed by atoms with Crippen LogP contribution in [-0.2, 0) is 5.41 Å². The first-order chi connectivity index (χ1) is 16.6. The lowest BCUT2D eigenvalue weighted by Gasteiger charge is -2.36. The molecule has 5 aromatic rings. The average molecular weight is 546 g/mol. The molecule has 0 saturated carbocycles. The Labute approximate surface area is 214 Å². The first-order valence-electron chi connectivity index (χ1n) is 11.8. The van der Waals surface area contributed by atoms with E-state index < -0.39 is 0 Å². The summed E-state index contributed by atoms with van der Waals surface area (Å²) in [5.41, 5.74) is 16.0. The third-order valence-electron chi connectivity index (χ3n) is 7.85. The molecule has 0 amide bonds. The van der Waals surface area contributed by atoms with E-state index in [2.05, 4.69) is 140 Å². The third kappa shape index (κ3) is 2.38. The second-order valence-electron chi connectivity index (χ2n) is 9.49. The molecule has 1 spiro atoms. The van der Waals surface area contributed by atoms with Crippen LogP contribution in [0.4, 0.5) is 0 Å². The first-order valence-corrected chi connectivity index (χ1v) is 12.9. The molecule has 0 saturated heterocycles. The lowest BCUT2D eigenvalue weighted by Crippen LogP contribution is -2.29. The maximum atomic E-state index is 2.54. The smallest absolute Gasteiger partial charge is 0.0619 e. The van der Waals surface area contributed by atoms with Crippen molar-refractivity contribution in [3.63, 3.8) is 0 Å². The van der Waals surface area contributed by atoms with Crippen LogP contribution in [0.25, 0.3) is 33.4 Å². The van der Waals surface area contributed by atoms with Gasteiger partial charge in [-0.25, -0.2) is 0 Å². The maximum absolute atomic E-state index is 2.54. The number of hydrogen-bond acceptors (Lipinski definition) is 0. The summed E-state index contributed by atoms with van der Waals surface area (Å²) in [7, 11) is 0. The van der Waals surface area contributed by atoms with Crippen molar-refractivity contribution < 1.29 is 0 Å². The van der Waals surface area contributed by atoms with Gasteiger partial charge >= 0.3 is 0 Å². The predicted octanol–water partition coefficient (Wildman–Crippen LogP) is 8.92. The minimum atomic E-state index is -0.363. The van der Waals surface area contributed by atoms with Crippen molar-refractivity contribution in [1.82, 2.24) is 0 Å². The topological polar surface area (TPSA) is 0 Å². The first kappa shape index (κ1) is 20.2. The van der Waals surface area contributed by atoms with Crippen LogP contribution in [0.3, 0.4) is 0 Å². The Morgan fingerprint density at radius 3 is 1.44 bits per heavy atom. The van der Waals surface area contributed by atoms with E-state index in [-0.39, 0.29) is 5.41 Å². The molecule has 0 N–H and O–H groups in total. The van der Waals surface area contributed by atoms with Gasteiger partial charge in [-0.15, -0.1) is 0 Å². The van der Waals surface area contributed by atoms with Gasteiger partial charge < -0.3 is 0 Å². The molecule has 1 heteroatoms. The van der Waals surface area contributed by atoms with E-state index in [4.69, 9.17) is 0 Å². The van der Waals surface area contributed by atoms with E-state index in [1.807, 2.05) is 0 Å². The van der Waals surface area contributed by atoms with Crippen molar-refractivity contribution in [3.8, 4) is 33.4 Å². The van der Waals surface area contributed by atoms with Crippen LogP contribution >= 0.6 is 22.6 Å². The van der Waals surface area contributed by atoms with Gasteiger partial charge in [-0.2, -0.15) is 0 Å². The molecular formula is C33H23I. The van der Waals surface area contributed by atoms with E-state index in [0.29, 0.717) is 0 Å². The van der Waals surface area contributed by atoms with E-state index in [9.17, 15) is 0 Å². The maximum Gasteiger partial charge on any atom is 0.0725 e. The monoisotopic (exact) mass is 546 g/mol. The Morgan fingerprint density at radius 2 is 0.912 bits per heavy atom. The summed E-state index contributed by atoms with van der Waals surface area (Å²) in [6.45, 7) is 4.57. The Morgan fingerprint density at radius 1 is 0.500 bits per heavy atom. The third-order valence-corrected chi connectivity index (χ3v) is 9.51. The van der Waals surface area contributed by atoms with Crippen LogP contribution in [0.15, 0.2) is 103 Å². The van der Waals surface area contributed by atoms with Gasteiger partial charge in [-0.1, -0.05) is 103 Å². The molecule has 2 aliphatic rings. The molecule has 0 nitrogen and oxygen atoms in total. The molecule has 5 aromatic carbocycles. The van der Waals surface area contributed by atoms with E-state index >= 15 is 0 Å². The summed E-state index contributed by atoms with van der Waals surface area (Å²) in [5, 5.41) is 0. The van der Waals surface area contributed by atoms with Gasteiger partial charge in [0.15, 0.2) is 0 Å². The molecule has 162 valence electrons. The Kier molecular flexibility index (Phi) is 4.26. The molecule has 2 aliphatic carbocycles. The van der Waals surface area contributed by atoms with Crippen molar-refractivity contribution in [3.05, 3.63) is 140 Å². The Bertz CT molecular complexity index is 1590. The largest absolute Gasteiger partial charge is 0.0725 e. The number of rotatable bonds is 0. The van der Waals surface area contributed by atoms with Crippen LogP contribution in [0.2, 0.25) is 0 Å². The van der Waals surface area contributed by atoms with E-state index in [1.165, 1.54) is 70.3 Å². The van der Waals surface area contributed by atoms with Gasteiger partial charge in [-0.05, 0) is 103 Å². The zero-order valence-corrected chi connectivity index (χ0v) is 21.4. The second kappa shape index (κ2) is 7.16. The predicted molar refractivity (Wildman–Crippen MR) is 150 cm³/mol. The number of hydrogen-bond donors (Lipinski definition) is 0. The molecule has 0 aromatic heterocycles. The average Bonchev–Trinajstić information content (AvgIpc) is 3.12. The van der Waals surface area contributed by atoms with Gasteiger partial charge in [0.25, 0.3) is 0 Å². The fraction of sp³-hybridized carbons (Fsp3) is 0.0909. The standard InChI is InChI=1S/C33H23I/c1-20-19-30-31(21(2)32(20)34)26-15-4-3-11-22(26)23-12-5-8-16-27(23)33(30)28-17-9-6-13-24(28)25-14-7-10-18-29(25)33/h3-19H,1-2H3. The highest BCUT2D eigenvalue weighted by Crippen LogP contribution is 2.62. The summed E-state index contributed by atoms with van der Waals surface area (Å²) in [5.74, 6) is 0. The Balaban J connectivity index is 1.81. The summed E-state index contributed by atoms with van der Waals surface area (Å²) in [4.78, 5) is 0. The minimum absolute atomic E-state index is 0.363. The second-order valence-corrected chi connectivity index (χ2v) is 10.6. The van der Waals surface area contributed by atoms with Gasteiger partial charge in [0, 0.05) is 3.57 Å². The van der Waals surface area contributed by atoms with E-state index in [1.54, 1.807) is 0 Å². The highest BCUT2D eigenvalue weighted by Gasteiger charge is 2.49. The molecule has 34 heavy (non-hydrogen) atoms. The van der Waals surface area contributed by atoms with E-state index in [0.717, 1.165) is 0 Å².